The van der Waals surface area contributed by atoms with Crippen molar-refractivity contribution in [3.63, 3.8) is 0 Å². The number of fused-ring (bicyclic) bond motifs is 2. The van der Waals surface area contributed by atoms with E-state index in [9.17, 15) is 27.2 Å². The molecule has 0 saturated carbocycles. The quantitative estimate of drug-likeness (QED) is 0.0910. The molecule has 0 aliphatic carbocycles. The zero-order valence-electron chi connectivity index (χ0n) is 25.0. The van der Waals surface area contributed by atoms with Gasteiger partial charge in [0.25, 0.3) is 5.91 Å². The summed E-state index contributed by atoms with van der Waals surface area (Å²) in [5.41, 5.74) is 9.25. The van der Waals surface area contributed by atoms with Gasteiger partial charge >= 0.3 is 5.97 Å². The first-order chi connectivity index (χ1) is 22.4. The van der Waals surface area contributed by atoms with E-state index in [2.05, 4.69) is 25.3 Å². The third kappa shape index (κ3) is 10.4. The fourth-order valence-electron chi connectivity index (χ4n) is 4.07. The molecule has 4 aromatic heterocycles. The average Bonchev–Trinajstić information content (AvgIpc) is 3.60. The van der Waals surface area contributed by atoms with E-state index in [4.69, 9.17) is 10.8 Å². The lowest BCUT2D eigenvalue weighted by molar-refractivity contribution is -0.132. The lowest BCUT2D eigenvalue weighted by atomic mass is 10.2. The van der Waals surface area contributed by atoms with Gasteiger partial charge in [-0.1, -0.05) is 27.0 Å². The molecular weight excluding hydrogens is 640 g/mol. The van der Waals surface area contributed by atoms with Gasteiger partial charge in [-0.05, 0) is 62.4 Å². The molecule has 6 rings (SSSR count). The summed E-state index contributed by atoms with van der Waals surface area (Å²) in [6.07, 6.45) is 9.43. The number of nitrogens with one attached hydrogen (secondary N) is 3. The van der Waals surface area contributed by atoms with Gasteiger partial charge in [-0.25, -0.2) is 22.4 Å². The molecule has 0 bridgehead atoms. The first-order valence-electron chi connectivity index (χ1n) is 13.8. The van der Waals surface area contributed by atoms with Gasteiger partial charge in [0.15, 0.2) is 23.3 Å². The minimum Gasteiger partial charge on any atom is -0.478 e. The number of hydrogen-bond acceptors (Lipinski definition) is 5. The number of carboxylic acids is 1. The van der Waals surface area contributed by atoms with Crippen molar-refractivity contribution in [3.8, 4) is 0 Å². The Balaban J connectivity index is 0.000000273. The molecule has 0 aliphatic heterocycles. The lowest BCUT2D eigenvalue weighted by Gasteiger charge is -2.04. The van der Waals surface area contributed by atoms with Crippen molar-refractivity contribution in [2.75, 3.05) is 11.1 Å². The van der Waals surface area contributed by atoms with Crippen LogP contribution in [0.4, 0.5) is 28.9 Å². The number of nitrogens with zero attached hydrogens (tertiary/aromatic N) is 2. The number of benzene rings is 2. The molecule has 9 nitrogen and oxygen atoms in total. The summed E-state index contributed by atoms with van der Waals surface area (Å²) in [5, 5.41) is 12.1. The third-order valence-electron chi connectivity index (χ3n) is 6.53. The summed E-state index contributed by atoms with van der Waals surface area (Å²) in [5.74, 6) is -4.92. The normalized spacial score (nSPS) is 10.9. The first kappa shape index (κ1) is 38.9. The number of carbonyl (C=O) groups excluding carboxylic acids is 1. The van der Waals surface area contributed by atoms with Crippen LogP contribution in [0, 0.1) is 23.3 Å². The third-order valence-corrected chi connectivity index (χ3v) is 6.53. The number of amides is 1. The molecule has 256 valence electrons. The molecule has 0 radical (unpaired) electrons. The minimum atomic E-state index is -0.964. The second-order valence-corrected chi connectivity index (χ2v) is 9.99. The van der Waals surface area contributed by atoms with Crippen LogP contribution < -0.4 is 11.1 Å². The van der Waals surface area contributed by atoms with Crippen LogP contribution in [0.25, 0.3) is 34.0 Å². The fourth-order valence-corrected chi connectivity index (χ4v) is 4.07. The number of aromatic nitrogens is 4. The Labute approximate surface area is 280 Å². The van der Waals surface area contributed by atoms with Gasteiger partial charge in [0, 0.05) is 58.8 Å². The summed E-state index contributed by atoms with van der Waals surface area (Å²) < 4.78 is 51.8. The van der Waals surface area contributed by atoms with E-state index in [1.54, 1.807) is 49.7 Å². The molecular formula is C36H36F4N6O3. The number of H-pyrrole nitrogens is 2. The van der Waals surface area contributed by atoms with Gasteiger partial charge in [-0.3, -0.25) is 14.8 Å². The molecule has 0 fully saturated rings. The van der Waals surface area contributed by atoms with Crippen LogP contribution >= 0.6 is 0 Å². The van der Waals surface area contributed by atoms with Gasteiger partial charge in [0.1, 0.15) is 0 Å². The van der Waals surface area contributed by atoms with Crippen LogP contribution in [0.5, 0.6) is 0 Å². The highest BCUT2D eigenvalue weighted by Gasteiger charge is 2.13. The number of nitrogens with two attached hydrogens (primary N) is 1. The van der Waals surface area contributed by atoms with Crippen molar-refractivity contribution in [1.29, 1.82) is 0 Å². The Bertz CT molecular complexity index is 2090. The van der Waals surface area contributed by atoms with Crippen molar-refractivity contribution < 1.29 is 32.3 Å². The van der Waals surface area contributed by atoms with E-state index in [1.807, 2.05) is 12.1 Å². The second kappa shape index (κ2) is 17.6. The summed E-state index contributed by atoms with van der Waals surface area (Å²) in [6, 6.07) is 15.0. The Morgan fingerprint density at radius 1 is 0.735 bits per heavy atom. The van der Waals surface area contributed by atoms with Crippen molar-refractivity contribution in [1.82, 2.24) is 19.9 Å². The summed E-state index contributed by atoms with van der Waals surface area (Å²) in [4.78, 5) is 36.2. The molecule has 1 amide bonds. The Kier molecular flexibility index (Phi) is 14.0. The highest BCUT2D eigenvalue weighted by molar-refractivity contribution is 6.10. The molecule has 6 aromatic rings. The van der Waals surface area contributed by atoms with Crippen molar-refractivity contribution in [2.45, 2.75) is 28.7 Å². The molecule has 4 heterocycles. The largest absolute Gasteiger partial charge is 0.478 e. The molecule has 0 saturated heterocycles. The summed E-state index contributed by atoms with van der Waals surface area (Å²) in [7, 11) is 0. The highest BCUT2D eigenvalue weighted by Crippen LogP contribution is 2.26. The van der Waals surface area contributed by atoms with Gasteiger partial charge < -0.3 is 26.1 Å². The Hall–Kier alpha value is -6.24. The van der Waals surface area contributed by atoms with E-state index >= 15 is 0 Å². The van der Waals surface area contributed by atoms with Crippen molar-refractivity contribution in [3.05, 3.63) is 131 Å². The average molecular weight is 677 g/mol. The second-order valence-electron chi connectivity index (χ2n) is 9.99. The molecule has 49 heavy (non-hydrogen) atoms. The van der Waals surface area contributed by atoms with E-state index < -0.39 is 29.2 Å². The summed E-state index contributed by atoms with van der Waals surface area (Å²) in [6.45, 7) is 3.19. The predicted molar refractivity (Wildman–Crippen MR) is 186 cm³/mol. The highest BCUT2D eigenvalue weighted by atomic mass is 19.2. The first-order valence-corrected chi connectivity index (χ1v) is 13.8. The van der Waals surface area contributed by atoms with Crippen LogP contribution in [0.2, 0.25) is 0 Å². The lowest BCUT2D eigenvalue weighted by Crippen LogP contribution is -2.12. The number of anilines is 2. The zero-order chi connectivity index (χ0) is 34.1. The van der Waals surface area contributed by atoms with E-state index in [0.29, 0.717) is 50.1 Å². The number of rotatable bonds is 5. The molecule has 2 aromatic carbocycles. The number of carbonyl (C=O) groups is 2. The van der Waals surface area contributed by atoms with Crippen LogP contribution in [-0.4, -0.2) is 36.9 Å². The van der Waals surface area contributed by atoms with Crippen LogP contribution in [0.15, 0.2) is 96.6 Å². The predicted octanol–water partition coefficient (Wildman–Crippen LogP) is 8.75. The minimum absolute atomic E-state index is 0. The summed E-state index contributed by atoms with van der Waals surface area (Å²) >= 11 is 0. The standard InChI is InChI=1S/C17H13F2N3O.C9H9NO2.C8H6F2N2.2CH4/c1-10(6-11-4-2-3-5-20-11)17(23)22-16-9-21-15-8-14(19)13(18)7-12(15)16;1-7(9(11)12)6-8-4-2-3-5-10-8;9-5-1-4-7(11)3-12-8(4)2-6(5)10;;/h2-9,21H,1H3,(H,22,23);2-6H,1H3,(H,11,12);1-3,12H,11H2;2*1H4/b10-6+;7-6+;;;. The fraction of sp³-hybridized carbons (Fsp3) is 0.111. The van der Waals surface area contributed by atoms with Gasteiger partial charge in [-0.2, -0.15) is 0 Å². The van der Waals surface area contributed by atoms with Crippen LogP contribution in [0.1, 0.15) is 40.1 Å². The number of hydrogen-bond donors (Lipinski definition) is 5. The number of aromatic amines is 2. The van der Waals surface area contributed by atoms with Gasteiger partial charge in [0.2, 0.25) is 0 Å². The maximum Gasteiger partial charge on any atom is 0.331 e. The van der Waals surface area contributed by atoms with Crippen LogP contribution in [-0.2, 0) is 9.59 Å². The number of halogens is 4. The maximum absolute atomic E-state index is 13.4. The van der Waals surface area contributed by atoms with Gasteiger partial charge in [-0.15, -0.1) is 0 Å². The van der Waals surface area contributed by atoms with Gasteiger partial charge in [0.05, 0.1) is 33.8 Å². The molecule has 0 atom stereocenters. The van der Waals surface area contributed by atoms with E-state index in [1.165, 1.54) is 25.4 Å². The van der Waals surface area contributed by atoms with Crippen LogP contribution in [0.3, 0.4) is 0 Å². The molecule has 0 aliphatic rings. The molecule has 6 N–H and O–H groups in total. The smallest absolute Gasteiger partial charge is 0.331 e. The topological polar surface area (TPSA) is 150 Å². The number of pyridine rings is 2. The zero-order valence-corrected chi connectivity index (χ0v) is 25.0. The number of nitrogen functional groups attached to an aromatic ring is 1. The van der Waals surface area contributed by atoms with E-state index in [0.717, 1.165) is 24.3 Å². The SMILES string of the molecule is C.C.C/C(=C\c1ccccn1)C(=O)Nc1c[nH]c2cc(F)c(F)cc12.C/C(=C\c1ccccn1)C(=O)O.Nc1c[nH]c2cc(F)c(F)cc12. The van der Waals surface area contributed by atoms with E-state index in [-0.39, 0.29) is 26.3 Å². The number of aliphatic carboxylic acids is 1. The van der Waals surface area contributed by atoms with Crippen molar-refractivity contribution in [2.24, 2.45) is 0 Å². The number of carboxylic acid groups (broad SMARTS) is 1. The monoisotopic (exact) mass is 676 g/mol. The molecule has 0 unspecified atom stereocenters. The maximum atomic E-state index is 13.4. The van der Waals surface area contributed by atoms with Crippen molar-refractivity contribution >= 4 is 57.2 Å². The molecule has 13 heteroatoms. The Morgan fingerprint density at radius 3 is 1.71 bits per heavy atom. The Morgan fingerprint density at radius 2 is 1.20 bits per heavy atom. The molecule has 0 spiro atoms.